The molecule has 0 saturated heterocycles. The van der Waals surface area contributed by atoms with Crippen LogP contribution in [0.15, 0.2) is 29.6 Å². The van der Waals surface area contributed by atoms with Gasteiger partial charge in [0.1, 0.15) is 0 Å². The smallest absolute Gasteiger partial charge is 0.224 e. The molecule has 19 heavy (non-hydrogen) atoms. The van der Waals surface area contributed by atoms with Gasteiger partial charge in [0.25, 0.3) is 0 Å². The highest BCUT2D eigenvalue weighted by Crippen LogP contribution is 2.42. The Morgan fingerprint density at radius 2 is 2.11 bits per heavy atom. The minimum absolute atomic E-state index is 0.0393. The van der Waals surface area contributed by atoms with Gasteiger partial charge in [-0.1, -0.05) is 19.1 Å². The summed E-state index contributed by atoms with van der Waals surface area (Å²) in [6.45, 7) is 1.85. The second kappa shape index (κ2) is 5.13. The standard InChI is InChI=1S/C15H16N2OS/c1-2-14(18)16-12-7-5-10(6-8-12)13-9-19-15(17-13)11-3-4-11/h5-9,11H,2-4H2,1H3,(H,16,18). The molecule has 1 heterocycles. The number of thiazole rings is 1. The molecule has 0 unspecified atom stereocenters. The Bertz CT molecular complexity index is 584. The van der Waals surface area contributed by atoms with Crippen molar-refractivity contribution in [2.24, 2.45) is 0 Å². The van der Waals surface area contributed by atoms with Gasteiger partial charge in [0, 0.05) is 29.0 Å². The van der Waals surface area contributed by atoms with E-state index < -0.39 is 0 Å². The molecule has 0 radical (unpaired) electrons. The fraction of sp³-hybridized carbons (Fsp3) is 0.333. The summed E-state index contributed by atoms with van der Waals surface area (Å²) < 4.78 is 0. The maximum absolute atomic E-state index is 11.3. The second-order valence-electron chi connectivity index (χ2n) is 4.82. The van der Waals surface area contributed by atoms with Crippen LogP contribution in [0.25, 0.3) is 11.3 Å². The maximum Gasteiger partial charge on any atom is 0.224 e. The Balaban J connectivity index is 1.75. The third kappa shape index (κ3) is 2.84. The van der Waals surface area contributed by atoms with E-state index in [0.717, 1.165) is 16.9 Å². The van der Waals surface area contributed by atoms with Crippen molar-refractivity contribution >= 4 is 22.9 Å². The highest BCUT2D eigenvalue weighted by molar-refractivity contribution is 7.10. The number of carbonyl (C=O) groups is 1. The SMILES string of the molecule is CCC(=O)Nc1ccc(-c2csc(C3CC3)n2)cc1. The molecule has 0 aliphatic heterocycles. The molecule has 0 atom stereocenters. The molecule has 1 aliphatic carbocycles. The lowest BCUT2D eigenvalue weighted by Gasteiger charge is -2.04. The zero-order valence-corrected chi connectivity index (χ0v) is 11.7. The highest BCUT2D eigenvalue weighted by Gasteiger charge is 2.26. The molecule has 1 aliphatic rings. The minimum Gasteiger partial charge on any atom is -0.326 e. The van der Waals surface area contributed by atoms with Gasteiger partial charge in [0.05, 0.1) is 10.7 Å². The lowest BCUT2D eigenvalue weighted by Crippen LogP contribution is -2.08. The van der Waals surface area contributed by atoms with E-state index in [2.05, 4.69) is 15.7 Å². The fourth-order valence-corrected chi connectivity index (χ4v) is 2.91. The maximum atomic E-state index is 11.3. The van der Waals surface area contributed by atoms with Crippen molar-refractivity contribution < 1.29 is 4.79 Å². The van der Waals surface area contributed by atoms with E-state index in [-0.39, 0.29) is 5.91 Å². The van der Waals surface area contributed by atoms with Gasteiger partial charge in [0.15, 0.2) is 0 Å². The summed E-state index contributed by atoms with van der Waals surface area (Å²) in [4.78, 5) is 16.0. The number of hydrogen-bond acceptors (Lipinski definition) is 3. The van der Waals surface area contributed by atoms with Crippen molar-refractivity contribution in [3.05, 3.63) is 34.7 Å². The number of anilines is 1. The monoisotopic (exact) mass is 272 g/mol. The van der Waals surface area contributed by atoms with Gasteiger partial charge in [-0.25, -0.2) is 4.98 Å². The summed E-state index contributed by atoms with van der Waals surface area (Å²) in [5.74, 6) is 0.749. The summed E-state index contributed by atoms with van der Waals surface area (Å²) in [7, 11) is 0. The van der Waals surface area contributed by atoms with Gasteiger partial charge >= 0.3 is 0 Å². The molecule has 4 heteroatoms. The van der Waals surface area contributed by atoms with Crippen LogP contribution in [0.5, 0.6) is 0 Å². The van der Waals surface area contributed by atoms with Crippen LogP contribution in [0.2, 0.25) is 0 Å². The first-order chi connectivity index (χ1) is 9.26. The number of aromatic nitrogens is 1. The van der Waals surface area contributed by atoms with Crippen LogP contribution in [0.3, 0.4) is 0 Å². The highest BCUT2D eigenvalue weighted by atomic mass is 32.1. The number of nitrogens with zero attached hydrogens (tertiary/aromatic N) is 1. The van der Waals surface area contributed by atoms with Crippen LogP contribution in [-0.4, -0.2) is 10.9 Å². The van der Waals surface area contributed by atoms with Crippen LogP contribution in [0, 0.1) is 0 Å². The van der Waals surface area contributed by atoms with Gasteiger partial charge in [-0.2, -0.15) is 0 Å². The predicted molar refractivity (Wildman–Crippen MR) is 78.4 cm³/mol. The lowest BCUT2D eigenvalue weighted by molar-refractivity contribution is -0.115. The van der Waals surface area contributed by atoms with E-state index in [9.17, 15) is 4.79 Å². The molecule has 1 aromatic carbocycles. The Morgan fingerprint density at radius 3 is 2.74 bits per heavy atom. The van der Waals surface area contributed by atoms with Crippen LogP contribution in [0.1, 0.15) is 37.1 Å². The van der Waals surface area contributed by atoms with Crippen molar-refractivity contribution in [1.29, 1.82) is 0 Å². The number of carbonyl (C=O) groups excluding carboxylic acids is 1. The quantitative estimate of drug-likeness (QED) is 0.912. The van der Waals surface area contributed by atoms with Crippen LogP contribution >= 0.6 is 11.3 Å². The van der Waals surface area contributed by atoms with E-state index in [1.165, 1.54) is 17.8 Å². The minimum atomic E-state index is 0.0393. The molecule has 2 aromatic rings. The number of benzene rings is 1. The summed E-state index contributed by atoms with van der Waals surface area (Å²) >= 11 is 1.75. The Hall–Kier alpha value is -1.68. The lowest BCUT2D eigenvalue weighted by atomic mass is 10.1. The van der Waals surface area contributed by atoms with Crippen molar-refractivity contribution in [3.63, 3.8) is 0 Å². The molecule has 1 fully saturated rings. The number of amides is 1. The average molecular weight is 272 g/mol. The fourth-order valence-electron chi connectivity index (χ4n) is 1.91. The van der Waals surface area contributed by atoms with Crippen LogP contribution < -0.4 is 5.32 Å². The van der Waals surface area contributed by atoms with Crippen molar-refractivity contribution in [3.8, 4) is 11.3 Å². The molecule has 0 bridgehead atoms. The van der Waals surface area contributed by atoms with Crippen molar-refractivity contribution in [2.45, 2.75) is 32.1 Å². The van der Waals surface area contributed by atoms with E-state index in [1.54, 1.807) is 11.3 Å². The number of nitrogens with one attached hydrogen (secondary N) is 1. The van der Waals surface area contributed by atoms with E-state index >= 15 is 0 Å². The molecular weight excluding hydrogens is 256 g/mol. The van der Waals surface area contributed by atoms with Crippen molar-refractivity contribution in [1.82, 2.24) is 4.98 Å². The number of rotatable bonds is 4. The zero-order chi connectivity index (χ0) is 13.2. The molecule has 1 saturated carbocycles. The van der Waals surface area contributed by atoms with Crippen LogP contribution in [0.4, 0.5) is 5.69 Å². The molecule has 3 nitrogen and oxygen atoms in total. The zero-order valence-electron chi connectivity index (χ0n) is 10.8. The molecule has 3 rings (SSSR count). The van der Waals surface area contributed by atoms with E-state index in [0.29, 0.717) is 12.3 Å². The van der Waals surface area contributed by atoms with E-state index in [4.69, 9.17) is 0 Å². The average Bonchev–Trinajstić information content (AvgIpc) is 3.17. The van der Waals surface area contributed by atoms with Gasteiger partial charge in [-0.3, -0.25) is 4.79 Å². The molecule has 98 valence electrons. The largest absolute Gasteiger partial charge is 0.326 e. The van der Waals surface area contributed by atoms with Crippen LogP contribution in [-0.2, 0) is 4.79 Å². The molecule has 1 amide bonds. The molecular formula is C15H16N2OS. The van der Waals surface area contributed by atoms with Crippen molar-refractivity contribution in [2.75, 3.05) is 5.32 Å². The van der Waals surface area contributed by atoms with Gasteiger partial charge < -0.3 is 5.32 Å². The first kappa shape index (κ1) is 12.4. The summed E-state index contributed by atoms with van der Waals surface area (Å²) in [5, 5.41) is 6.23. The first-order valence-corrected chi connectivity index (χ1v) is 7.50. The van der Waals surface area contributed by atoms with Gasteiger partial charge in [0.2, 0.25) is 5.91 Å². The summed E-state index contributed by atoms with van der Waals surface area (Å²) in [6, 6.07) is 7.88. The Kier molecular flexibility index (Phi) is 3.34. The normalized spacial score (nSPS) is 14.4. The van der Waals surface area contributed by atoms with Gasteiger partial charge in [-0.05, 0) is 25.0 Å². The predicted octanol–water partition coefficient (Wildman–Crippen LogP) is 4.04. The summed E-state index contributed by atoms with van der Waals surface area (Å²) in [6.07, 6.45) is 3.07. The molecule has 1 aromatic heterocycles. The molecule has 1 N–H and O–H groups in total. The van der Waals surface area contributed by atoms with E-state index in [1.807, 2.05) is 31.2 Å². The first-order valence-electron chi connectivity index (χ1n) is 6.62. The van der Waals surface area contributed by atoms with Gasteiger partial charge in [-0.15, -0.1) is 11.3 Å². The third-order valence-corrected chi connectivity index (χ3v) is 4.24. The molecule has 0 spiro atoms. The topological polar surface area (TPSA) is 42.0 Å². The summed E-state index contributed by atoms with van der Waals surface area (Å²) in [5.41, 5.74) is 2.99. The Morgan fingerprint density at radius 1 is 1.37 bits per heavy atom. The second-order valence-corrected chi connectivity index (χ2v) is 5.71. The third-order valence-electron chi connectivity index (χ3n) is 3.23. The number of hydrogen-bond donors (Lipinski definition) is 1. The Labute approximate surface area is 116 Å².